The first kappa shape index (κ1) is 15.2. The number of halogens is 1. The maximum Gasteiger partial charge on any atom is 0.241 e. The van der Waals surface area contributed by atoms with Crippen molar-refractivity contribution in [2.24, 2.45) is 5.73 Å². The molecule has 0 aliphatic carbocycles. The summed E-state index contributed by atoms with van der Waals surface area (Å²) in [6, 6.07) is 15.7. The number of hydrogen-bond acceptors (Lipinski definition) is 3. The summed E-state index contributed by atoms with van der Waals surface area (Å²) in [6.07, 6.45) is 0. The Morgan fingerprint density at radius 2 is 1.65 bits per heavy atom. The van der Waals surface area contributed by atoms with Gasteiger partial charge in [0.2, 0.25) is 10.0 Å². The molecule has 20 heavy (non-hydrogen) atoms. The van der Waals surface area contributed by atoms with Crippen LogP contribution in [0.25, 0.3) is 0 Å². The first-order valence-electron chi connectivity index (χ1n) is 6.05. The van der Waals surface area contributed by atoms with Crippen molar-refractivity contribution in [1.82, 2.24) is 4.72 Å². The second kappa shape index (κ2) is 6.49. The van der Waals surface area contributed by atoms with Gasteiger partial charge in [0.05, 0.1) is 4.90 Å². The lowest BCUT2D eigenvalue weighted by molar-refractivity contribution is 0.572. The van der Waals surface area contributed by atoms with Gasteiger partial charge in [-0.2, -0.15) is 0 Å². The summed E-state index contributed by atoms with van der Waals surface area (Å²) in [6.45, 7) is 0.147. The number of hydrogen-bond donors (Lipinski definition) is 2. The van der Waals surface area contributed by atoms with Gasteiger partial charge in [0.1, 0.15) is 0 Å². The van der Waals surface area contributed by atoms with Crippen LogP contribution in [0.5, 0.6) is 0 Å². The highest BCUT2D eigenvalue weighted by atomic mass is 79.9. The van der Waals surface area contributed by atoms with E-state index in [0.717, 1.165) is 5.56 Å². The highest BCUT2D eigenvalue weighted by Gasteiger charge is 2.18. The Morgan fingerprint density at radius 3 is 2.30 bits per heavy atom. The highest BCUT2D eigenvalue weighted by molar-refractivity contribution is 9.10. The van der Waals surface area contributed by atoms with Gasteiger partial charge in [-0.25, -0.2) is 13.1 Å². The van der Waals surface area contributed by atoms with Gasteiger partial charge >= 0.3 is 0 Å². The summed E-state index contributed by atoms with van der Waals surface area (Å²) >= 11 is 3.23. The van der Waals surface area contributed by atoms with Crippen LogP contribution in [-0.2, 0) is 10.0 Å². The van der Waals surface area contributed by atoms with E-state index in [1.54, 1.807) is 24.3 Å². The molecule has 0 amide bonds. The second-order valence-corrected chi connectivity index (χ2v) is 6.89. The molecule has 2 rings (SSSR count). The minimum atomic E-state index is -3.57. The van der Waals surface area contributed by atoms with Crippen molar-refractivity contribution in [1.29, 1.82) is 0 Å². The summed E-state index contributed by atoms with van der Waals surface area (Å²) < 4.78 is 27.4. The van der Waals surface area contributed by atoms with Crippen LogP contribution in [-0.4, -0.2) is 15.0 Å². The van der Waals surface area contributed by atoms with E-state index < -0.39 is 10.0 Å². The maximum atomic E-state index is 12.2. The molecule has 3 N–H and O–H groups in total. The number of nitrogens with two attached hydrogens (primary N) is 1. The van der Waals surface area contributed by atoms with Crippen molar-refractivity contribution in [3.63, 3.8) is 0 Å². The Morgan fingerprint density at radius 1 is 1.05 bits per heavy atom. The van der Waals surface area contributed by atoms with E-state index in [0.29, 0.717) is 4.47 Å². The Kier molecular flexibility index (Phi) is 4.93. The predicted molar refractivity (Wildman–Crippen MR) is 82.7 cm³/mol. The van der Waals surface area contributed by atoms with Crippen molar-refractivity contribution >= 4 is 26.0 Å². The van der Waals surface area contributed by atoms with Crippen molar-refractivity contribution in [3.05, 3.63) is 64.6 Å². The smallest absolute Gasteiger partial charge is 0.241 e. The summed E-state index contributed by atoms with van der Waals surface area (Å²) in [7, 11) is -3.57. The van der Waals surface area contributed by atoms with Crippen LogP contribution in [0.2, 0.25) is 0 Å². The average molecular weight is 355 g/mol. The quantitative estimate of drug-likeness (QED) is 0.865. The van der Waals surface area contributed by atoms with Crippen LogP contribution < -0.4 is 10.5 Å². The molecule has 106 valence electrons. The van der Waals surface area contributed by atoms with E-state index in [1.807, 2.05) is 30.3 Å². The minimum absolute atomic E-state index is 0.147. The van der Waals surface area contributed by atoms with Gasteiger partial charge in [0.15, 0.2) is 0 Å². The standard InChI is InChI=1S/C14H15BrN2O2S/c15-12-8-4-5-9-14(12)20(18,19)17-10-13(16)11-6-2-1-3-7-11/h1-9,13,17H,10,16H2. The van der Waals surface area contributed by atoms with E-state index in [9.17, 15) is 8.42 Å². The lowest BCUT2D eigenvalue weighted by Gasteiger charge is -2.14. The molecule has 0 saturated heterocycles. The number of nitrogens with one attached hydrogen (secondary N) is 1. The van der Waals surface area contributed by atoms with Gasteiger partial charge in [-0.15, -0.1) is 0 Å². The van der Waals surface area contributed by atoms with Crippen LogP contribution in [0.15, 0.2) is 64.0 Å². The third kappa shape index (κ3) is 3.67. The van der Waals surface area contributed by atoms with Crippen LogP contribution in [0.4, 0.5) is 0 Å². The highest BCUT2D eigenvalue weighted by Crippen LogP contribution is 2.21. The first-order valence-corrected chi connectivity index (χ1v) is 8.33. The summed E-state index contributed by atoms with van der Waals surface area (Å²) in [5.74, 6) is 0. The van der Waals surface area contributed by atoms with Gasteiger partial charge in [-0.1, -0.05) is 42.5 Å². The van der Waals surface area contributed by atoms with E-state index in [2.05, 4.69) is 20.7 Å². The van der Waals surface area contributed by atoms with Crippen molar-refractivity contribution < 1.29 is 8.42 Å². The molecule has 1 atom stereocenters. The molecule has 0 aromatic heterocycles. The molecule has 0 radical (unpaired) electrons. The molecule has 1 unspecified atom stereocenters. The molecule has 0 aliphatic rings. The Hall–Kier alpha value is -1.21. The molecule has 2 aromatic rings. The zero-order chi connectivity index (χ0) is 14.6. The SMILES string of the molecule is NC(CNS(=O)(=O)c1ccccc1Br)c1ccccc1. The van der Waals surface area contributed by atoms with E-state index in [4.69, 9.17) is 5.73 Å². The van der Waals surface area contributed by atoms with Gasteiger partial charge in [-0.05, 0) is 33.6 Å². The Balaban J connectivity index is 2.09. The Bertz CT molecular complexity index is 675. The first-order chi connectivity index (χ1) is 9.50. The normalized spacial score (nSPS) is 13.1. The van der Waals surface area contributed by atoms with Crippen LogP contribution >= 0.6 is 15.9 Å². The van der Waals surface area contributed by atoms with Gasteiger partial charge in [0.25, 0.3) is 0 Å². The molecular formula is C14H15BrN2O2S. The number of rotatable bonds is 5. The molecule has 6 heteroatoms. The molecule has 0 spiro atoms. The van der Waals surface area contributed by atoms with Crippen LogP contribution in [0.3, 0.4) is 0 Å². The molecule has 0 aliphatic heterocycles. The van der Waals surface area contributed by atoms with Crippen molar-refractivity contribution in [2.75, 3.05) is 6.54 Å². The van der Waals surface area contributed by atoms with E-state index >= 15 is 0 Å². The summed E-state index contributed by atoms with van der Waals surface area (Å²) in [5, 5.41) is 0. The molecule has 0 heterocycles. The van der Waals surface area contributed by atoms with Gasteiger partial charge in [0, 0.05) is 17.1 Å². The molecular weight excluding hydrogens is 340 g/mol. The Labute approximate surface area is 127 Å². The third-order valence-corrected chi connectivity index (χ3v) is 5.28. The number of sulfonamides is 1. The monoisotopic (exact) mass is 354 g/mol. The van der Waals surface area contributed by atoms with E-state index in [1.165, 1.54) is 0 Å². The van der Waals surface area contributed by atoms with Crippen LogP contribution in [0.1, 0.15) is 11.6 Å². The third-order valence-electron chi connectivity index (χ3n) is 2.85. The van der Waals surface area contributed by atoms with E-state index in [-0.39, 0.29) is 17.5 Å². The van der Waals surface area contributed by atoms with Gasteiger partial charge < -0.3 is 5.73 Å². The maximum absolute atomic E-state index is 12.2. The second-order valence-electron chi connectivity index (χ2n) is 4.30. The fourth-order valence-corrected chi connectivity index (χ4v) is 3.82. The molecule has 2 aromatic carbocycles. The van der Waals surface area contributed by atoms with Crippen LogP contribution in [0, 0.1) is 0 Å². The minimum Gasteiger partial charge on any atom is -0.323 e. The summed E-state index contributed by atoms with van der Waals surface area (Å²) in [4.78, 5) is 0.209. The van der Waals surface area contributed by atoms with Crippen molar-refractivity contribution in [3.8, 4) is 0 Å². The largest absolute Gasteiger partial charge is 0.323 e. The number of benzene rings is 2. The molecule has 0 bridgehead atoms. The van der Waals surface area contributed by atoms with Gasteiger partial charge in [-0.3, -0.25) is 0 Å². The zero-order valence-electron chi connectivity index (χ0n) is 10.7. The lowest BCUT2D eigenvalue weighted by atomic mass is 10.1. The fraction of sp³-hybridized carbons (Fsp3) is 0.143. The van der Waals surface area contributed by atoms with Crippen molar-refractivity contribution in [2.45, 2.75) is 10.9 Å². The topological polar surface area (TPSA) is 72.2 Å². The fourth-order valence-electron chi connectivity index (χ4n) is 1.76. The molecule has 0 saturated carbocycles. The molecule has 0 fully saturated rings. The lowest BCUT2D eigenvalue weighted by Crippen LogP contribution is -2.32. The average Bonchev–Trinajstić information content (AvgIpc) is 2.46. The zero-order valence-corrected chi connectivity index (χ0v) is 13.1. The molecule has 4 nitrogen and oxygen atoms in total. The predicted octanol–water partition coefficient (Wildman–Crippen LogP) is 2.43. The summed E-state index contributed by atoms with van der Waals surface area (Å²) in [5.41, 5.74) is 6.87.